The zero-order valence-corrected chi connectivity index (χ0v) is 9.94. The number of thioether (sulfide) groups is 1. The summed E-state index contributed by atoms with van der Waals surface area (Å²) in [5, 5.41) is 0.791. The minimum atomic E-state index is 0.251. The maximum absolute atomic E-state index is 5.99. The van der Waals surface area contributed by atoms with Gasteiger partial charge in [0.05, 0.1) is 0 Å². The molecule has 0 aromatic heterocycles. The van der Waals surface area contributed by atoms with Gasteiger partial charge in [0.15, 0.2) is 0 Å². The predicted molar refractivity (Wildman–Crippen MR) is 66.1 cm³/mol. The van der Waals surface area contributed by atoms with Crippen LogP contribution in [0.15, 0.2) is 24.3 Å². The van der Waals surface area contributed by atoms with E-state index in [9.17, 15) is 0 Å². The first-order chi connectivity index (χ1) is 6.72. The summed E-state index contributed by atoms with van der Waals surface area (Å²) in [6, 6.07) is 8.17. The summed E-state index contributed by atoms with van der Waals surface area (Å²) in [6.07, 6.45) is 4.08. The fourth-order valence-electron chi connectivity index (χ4n) is 1.34. The Balaban J connectivity index is 2.43. The standard InChI is InChI=1S/C11H16ClNS/c1-14-6-5-11(13)8-9-3-2-4-10(12)7-9/h2-4,7,11H,5-6,8,13H2,1H3. The normalized spacial score (nSPS) is 12.8. The van der Waals surface area contributed by atoms with Crippen LogP contribution in [0.5, 0.6) is 0 Å². The average Bonchev–Trinajstić information content (AvgIpc) is 2.15. The Morgan fingerprint density at radius 3 is 2.93 bits per heavy atom. The Labute approximate surface area is 95.0 Å². The zero-order valence-electron chi connectivity index (χ0n) is 8.37. The number of rotatable bonds is 5. The van der Waals surface area contributed by atoms with Crippen LogP contribution >= 0.6 is 23.4 Å². The molecule has 14 heavy (non-hydrogen) atoms. The molecule has 1 aromatic carbocycles. The maximum Gasteiger partial charge on any atom is 0.0408 e. The molecular formula is C11H16ClNS. The third-order valence-electron chi connectivity index (χ3n) is 2.08. The lowest BCUT2D eigenvalue weighted by molar-refractivity contribution is 0.652. The molecule has 0 heterocycles. The summed E-state index contributed by atoms with van der Waals surface area (Å²) in [4.78, 5) is 0. The van der Waals surface area contributed by atoms with E-state index in [0.29, 0.717) is 0 Å². The molecule has 1 nitrogen and oxygen atoms in total. The van der Waals surface area contributed by atoms with Crippen LogP contribution in [0.25, 0.3) is 0 Å². The van der Waals surface area contributed by atoms with Crippen LogP contribution in [0.1, 0.15) is 12.0 Å². The Morgan fingerprint density at radius 2 is 2.29 bits per heavy atom. The first-order valence-corrected chi connectivity index (χ1v) is 6.48. The fourth-order valence-corrected chi connectivity index (χ4v) is 2.09. The minimum Gasteiger partial charge on any atom is -0.327 e. The van der Waals surface area contributed by atoms with Gasteiger partial charge in [0.25, 0.3) is 0 Å². The van der Waals surface area contributed by atoms with Crippen molar-refractivity contribution in [3.8, 4) is 0 Å². The average molecular weight is 230 g/mol. The highest BCUT2D eigenvalue weighted by atomic mass is 35.5. The van der Waals surface area contributed by atoms with Crippen molar-refractivity contribution >= 4 is 23.4 Å². The number of hydrogen-bond acceptors (Lipinski definition) is 2. The molecule has 1 unspecified atom stereocenters. The van der Waals surface area contributed by atoms with E-state index in [-0.39, 0.29) is 6.04 Å². The lowest BCUT2D eigenvalue weighted by Crippen LogP contribution is -2.23. The number of benzene rings is 1. The molecule has 0 bridgehead atoms. The second kappa shape index (κ2) is 6.33. The van der Waals surface area contributed by atoms with Crippen molar-refractivity contribution in [3.63, 3.8) is 0 Å². The smallest absolute Gasteiger partial charge is 0.0408 e. The Bertz CT molecular complexity index is 278. The van der Waals surface area contributed by atoms with Crippen LogP contribution in [0, 0.1) is 0 Å². The molecule has 0 saturated carbocycles. The SMILES string of the molecule is CSCCC(N)Cc1cccc(Cl)c1. The van der Waals surface area contributed by atoms with Gasteiger partial charge in [0.1, 0.15) is 0 Å². The van der Waals surface area contributed by atoms with E-state index in [1.54, 1.807) is 0 Å². The maximum atomic E-state index is 5.99. The summed E-state index contributed by atoms with van der Waals surface area (Å²) in [7, 11) is 0. The van der Waals surface area contributed by atoms with E-state index in [1.807, 2.05) is 30.0 Å². The molecule has 0 saturated heterocycles. The molecule has 0 fully saturated rings. The van der Waals surface area contributed by atoms with E-state index in [1.165, 1.54) is 5.56 Å². The van der Waals surface area contributed by atoms with Gasteiger partial charge in [-0.2, -0.15) is 11.8 Å². The molecule has 3 heteroatoms. The summed E-state index contributed by atoms with van der Waals surface area (Å²) < 4.78 is 0. The molecule has 2 N–H and O–H groups in total. The molecular weight excluding hydrogens is 214 g/mol. The predicted octanol–water partition coefficient (Wildman–Crippen LogP) is 2.96. The monoisotopic (exact) mass is 229 g/mol. The molecule has 0 amide bonds. The van der Waals surface area contributed by atoms with E-state index < -0.39 is 0 Å². The molecule has 1 aromatic rings. The van der Waals surface area contributed by atoms with Crippen molar-refractivity contribution in [2.24, 2.45) is 5.73 Å². The number of nitrogens with two attached hydrogens (primary N) is 1. The summed E-state index contributed by atoms with van der Waals surface area (Å²) in [5.74, 6) is 1.13. The van der Waals surface area contributed by atoms with Gasteiger partial charge in [0, 0.05) is 11.1 Å². The van der Waals surface area contributed by atoms with Gasteiger partial charge in [-0.1, -0.05) is 23.7 Å². The van der Waals surface area contributed by atoms with Gasteiger partial charge in [-0.15, -0.1) is 0 Å². The van der Waals surface area contributed by atoms with Crippen molar-refractivity contribution in [2.75, 3.05) is 12.0 Å². The molecule has 0 aliphatic rings. The van der Waals surface area contributed by atoms with E-state index >= 15 is 0 Å². The molecule has 78 valence electrons. The molecule has 0 aliphatic carbocycles. The topological polar surface area (TPSA) is 26.0 Å². The van der Waals surface area contributed by atoms with Crippen LogP contribution in [0.3, 0.4) is 0 Å². The third-order valence-corrected chi connectivity index (χ3v) is 2.96. The molecule has 0 aliphatic heterocycles. The number of halogens is 1. The van der Waals surface area contributed by atoms with Gasteiger partial charge in [0.2, 0.25) is 0 Å². The van der Waals surface area contributed by atoms with Crippen LogP contribution < -0.4 is 5.73 Å². The molecule has 0 spiro atoms. The van der Waals surface area contributed by atoms with E-state index in [2.05, 4.69) is 12.3 Å². The first-order valence-electron chi connectivity index (χ1n) is 4.71. The van der Waals surface area contributed by atoms with Crippen molar-refractivity contribution in [2.45, 2.75) is 18.9 Å². The highest BCUT2D eigenvalue weighted by molar-refractivity contribution is 7.98. The largest absolute Gasteiger partial charge is 0.327 e. The Morgan fingerprint density at radius 1 is 1.50 bits per heavy atom. The Kier molecular flexibility index (Phi) is 5.38. The number of hydrogen-bond donors (Lipinski definition) is 1. The second-order valence-corrected chi connectivity index (χ2v) is 4.80. The van der Waals surface area contributed by atoms with Gasteiger partial charge in [-0.3, -0.25) is 0 Å². The van der Waals surface area contributed by atoms with Gasteiger partial charge < -0.3 is 5.73 Å². The summed E-state index contributed by atoms with van der Waals surface area (Å²) in [6.45, 7) is 0. The summed E-state index contributed by atoms with van der Waals surface area (Å²) >= 11 is 7.73. The molecule has 0 radical (unpaired) electrons. The highest BCUT2D eigenvalue weighted by Crippen LogP contribution is 2.13. The van der Waals surface area contributed by atoms with Crippen LogP contribution in [0.4, 0.5) is 0 Å². The van der Waals surface area contributed by atoms with E-state index in [4.69, 9.17) is 17.3 Å². The highest BCUT2D eigenvalue weighted by Gasteiger charge is 2.03. The van der Waals surface area contributed by atoms with Crippen LogP contribution in [0.2, 0.25) is 5.02 Å². The minimum absolute atomic E-state index is 0.251. The molecule has 1 rings (SSSR count). The van der Waals surface area contributed by atoms with Crippen molar-refractivity contribution in [1.29, 1.82) is 0 Å². The molecule has 1 atom stereocenters. The van der Waals surface area contributed by atoms with Crippen LogP contribution in [-0.2, 0) is 6.42 Å². The van der Waals surface area contributed by atoms with Crippen molar-refractivity contribution in [3.05, 3.63) is 34.9 Å². The zero-order chi connectivity index (χ0) is 10.4. The van der Waals surface area contributed by atoms with Crippen molar-refractivity contribution in [1.82, 2.24) is 0 Å². The lowest BCUT2D eigenvalue weighted by atomic mass is 10.1. The first kappa shape index (κ1) is 11.9. The quantitative estimate of drug-likeness (QED) is 0.840. The Hall–Kier alpha value is -0.180. The fraction of sp³-hybridized carbons (Fsp3) is 0.455. The lowest BCUT2D eigenvalue weighted by Gasteiger charge is -2.10. The van der Waals surface area contributed by atoms with Gasteiger partial charge >= 0.3 is 0 Å². The van der Waals surface area contributed by atoms with Gasteiger partial charge in [-0.25, -0.2) is 0 Å². The second-order valence-electron chi connectivity index (χ2n) is 3.38. The van der Waals surface area contributed by atoms with Crippen LogP contribution in [-0.4, -0.2) is 18.1 Å². The van der Waals surface area contributed by atoms with Crippen molar-refractivity contribution < 1.29 is 0 Å². The van der Waals surface area contributed by atoms with Gasteiger partial charge in [-0.05, 0) is 42.5 Å². The van der Waals surface area contributed by atoms with E-state index in [0.717, 1.165) is 23.6 Å². The summed E-state index contributed by atoms with van der Waals surface area (Å²) in [5.41, 5.74) is 7.21. The third kappa shape index (κ3) is 4.36.